The van der Waals surface area contributed by atoms with Crippen LogP contribution in [0.1, 0.15) is 28.8 Å². The number of phosphoric ester groups is 1. The Morgan fingerprint density at radius 1 is 0.900 bits per heavy atom. The van der Waals surface area contributed by atoms with E-state index in [2.05, 4.69) is 13.8 Å². The number of aliphatic hydroxyl groups is 2. The number of aliphatic hydroxyl groups excluding tert-OH is 2. The standard InChI is InChI=1S/C23H23Cl4N2O13P3S.4Na/c24-13-5-1-11(2-6-13)17(12-3-7-14(25)8-4-12)15-9-29(22(32)28-20(15)46)21-19(31)18(30)16(41-21)10-40-45(38,39)42-44(36,37)23(26,27)43(33,34)35;;;;/h1-9,16-19,21,30-31H,10H2,(H,36,37)(H,38,39)(H,28,32,46)(H2,33,34,35);;;;/q;4*+1/p-4/t16-,18-,19-,21-;;;;/m1..../s1. The molecule has 252 valence electrons. The second kappa shape index (κ2) is 21.2. The Morgan fingerprint density at radius 2 is 1.36 bits per heavy atom. The molecule has 0 saturated carbocycles. The van der Waals surface area contributed by atoms with Crippen LogP contribution in [0.15, 0.2) is 59.5 Å². The second-order valence-electron chi connectivity index (χ2n) is 9.66. The number of rotatable bonds is 11. The number of phosphoric acid groups is 1. The quantitative estimate of drug-likeness (QED) is 0.0701. The van der Waals surface area contributed by atoms with Crippen LogP contribution in [-0.4, -0.2) is 48.5 Å². The largest absolute Gasteiger partial charge is 1.00 e. The molecule has 1 aliphatic heterocycles. The zero-order valence-electron chi connectivity index (χ0n) is 26.4. The van der Waals surface area contributed by atoms with Crippen molar-refractivity contribution in [3.8, 4) is 0 Å². The van der Waals surface area contributed by atoms with Gasteiger partial charge in [0, 0.05) is 27.7 Å². The summed E-state index contributed by atoms with van der Waals surface area (Å²) in [6, 6.07) is 13.4. The van der Waals surface area contributed by atoms with Gasteiger partial charge < -0.3 is 48.2 Å². The van der Waals surface area contributed by atoms with Gasteiger partial charge in [0.1, 0.15) is 23.0 Å². The number of alkyl halides is 2. The van der Waals surface area contributed by atoms with Crippen molar-refractivity contribution in [2.75, 3.05) is 6.61 Å². The number of nitrogens with zero attached hydrogens (tertiary/aromatic N) is 1. The van der Waals surface area contributed by atoms with Gasteiger partial charge in [0.15, 0.2) is 13.8 Å². The van der Waals surface area contributed by atoms with Crippen LogP contribution in [0.25, 0.3) is 0 Å². The maximum Gasteiger partial charge on any atom is 1.00 e. The second-order valence-corrected chi connectivity index (χ2v) is 18.8. The van der Waals surface area contributed by atoms with Crippen LogP contribution < -0.4 is 143 Å². The number of halogens is 4. The molecule has 2 unspecified atom stereocenters. The van der Waals surface area contributed by atoms with E-state index in [9.17, 15) is 48.3 Å². The Labute approximate surface area is 398 Å². The molecule has 3 N–H and O–H groups in total. The first-order chi connectivity index (χ1) is 21.1. The van der Waals surface area contributed by atoms with E-state index < -0.39 is 69.6 Å². The first kappa shape index (κ1) is 53.0. The molecule has 0 radical (unpaired) electrons. The maximum absolute atomic E-state index is 13.0. The average Bonchev–Trinajstić information content (AvgIpc) is 3.22. The number of hydrogen-bond donors (Lipinski definition) is 3. The Balaban J connectivity index is 0.00000600. The van der Waals surface area contributed by atoms with Crippen LogP contribution in [0.3, 0.4) is 0 Å². The molecule has 15 nitrogen and oxygen atoms in total. The van der Waals surface area contributed by atoms with Crippen LogP contribution in [0, 0.1) is 4.64 Å². The van der Waals surface area contributed by atoms with Crippen LogP contribution in [0.5, 0.6) is 0 Å². The summed E-state index contributed by atoms with van der Waals surface area (Å²) in [5.74, 6) is -0.631. The molecule has 1 aliphatic rings. The predicted molar refractivity (Wildman–Crippen MR) is 160 cm³/mol. The minimum Gasteiger partial charge on any atom is -0.808 e. The maximum atomic E-state index is 13.0. The summed E-state index contributed by atoms with van der Waals surface area (Å²) in [6.07, 6.45) is -6.00. The van der Waals surface area contributed by atoms with Gasteiger partial charge in [-0.25, -0.2) is 4.79 Å². The van der Waals surface area contributed by atoms with E-state index in [0.29, 0.717) is 26.7 Å². The molecule has 2 aromatic carbocycles. The van der Waals surface area contributed by atoms with Crippen molar-refractivity contribution in [1.29, 1.82) is 0 Å². The zero-order chi connectivity index (χ0) is 34.4. The third-order valence-corrected chi connectivity index (χ3v) is 14.8. The van der Waals surface area contributed by atoms with Crippen molar-refractivity contribution in [3.05, 3.63) is 96.6 Å². The number of H-pyrrole nitrogens is 1. The number of ether oxygens (including phenoxy) is 1. The number of aromatic nitrogens is 2. The fourth-order valence-electron chi connectivity index (χ4n) is 4.37. The van der Waals surface area contributed by atoms with Gasteiger partial charge in [-0.2, -0.15) is 0 Å². The summed E-state index contributed by atoms with van der Waals surface area (Å²) in [5.41, 5.74) is 0.789. The van der Waals surface area contributed by atoms with Crippen molar-refractivity contribution in [2.24, 2.45) is 0 Å². The average molecular weight is 890 g/mol. The van der Waals surface area contributed by atoms with Crippen molar-refractivity contribution >= 4 is 81.6 Å². The molecule has 2 heterocycles. The Morgan fingerprint density at radius 3 is 1.80 bits per heavy atom. The molecule has 1 aromatic heterocycles. The minimum absolute atomic E-state index is 0. The molecule has 6 atom stereocenters. The Hall–Kier alpha value is 3.03. The van der Waals surface area contributed by atoms with Gasteiger partial charge in [-0.1, -0.05) is 82.9 Å². The first-order valence-electron chi connectivity index (χ1n) is 12.4. The normalized spacial score (nSPS) is 21.4. The molecule has 0 amide bonds. The van der Waals surface area contributed by atoms with Gasteiger partial charge in [-0.15, -0.1) is 0 Å². The zero-order valence-corrected chi connectivity index (χ0v) is 40.9. The summed E-state index contributed by atoms with van der Waals surface area (Å²) in [7, 11) is -18.8. The topological polar surface area (TPSA) is 249 Å². The van der Waals surface area contributed by atoms with E-state index in [1.165, 1.54) is 6.20 Å². The predicted octanol–water partition coefficient (Wildman–Crippen LogP) is -9.91. The number of hydrogen-bond acceptors (Lipinski definition) is 14. The molecule has 1 fully saturated rings. The van der Waals surface area contributed by atoms with Gasteiger partial charge >= 0.3 is 124 Å². The van der Waals surface area contributed by atoms with E-state index in [0.717, 1.165) is 4.57 Å². The summed E-state index contributed by atoms with van der Waals surface area (Å²) in [4.78, 5) is 61.8. The van der Waals surface area contributed by atoms with E-state index in [4.69, 9.17) is 63.4 Å². The van der Waals surface area contributed by atoms with Crippen LogP contribution in [0.2, 0.25) is 10.0 Å². The Kier molecular flexibility index (Phi) is 22.4. The van der Waals surface area contributed by atoms with Gasteiger partial charge in [0.2, 0.25) is 3.82 Å². The van der Waals surface area contributed by atoms with Crippen molar-refractivity contribution in [2.45, 2.75) is 34.3 Å². The van der Waals surface area contributed by atoms with E-state index in [1.54, 1.807) is 48.5 Å². The fourth-order valence-corrected chi connectivity index (χ4v) is 8.93. The summed E-state index contributed by atoms with van der Waals surface area (Å²) < 4.78 is 45.4. The smallest absolute Gasteiger partial charge is 0.808 e. The monoisotopic (exact) mass is 888 g/mol. The van der Waals surface area contributed by atoms with Crippen molar-refractivity contribution in [3.63, 3.8) is 0 Å². The van der Waals surface area contributed by atoms with Crippen LogP contribution >= 0.6 is 81.6 Å². The third-order valence-electron chi connectivity index (χ3n) is 6.59. The molecule has 0 bridgehead atoms. The number of nitrogens with one attached hydrogen (secondary N) is 1. The SMILES string of the molecule is O=c1[nH]c(=S)c(C(c2ccc(Cl)cc2)c2ccc(Cl)cc2)cn1[C@@H]1O[C@H](COP(=O)([O-])OP(=O)([O-])C(Cl)(Cl)P(=O)([O-])[O-])[C@@H](O)[C@H]1O.[Na+].[Na+].[Na+].[Na+]. The van der Waals surface area contributed by atoms with Gasteiger partial charge in [-0.3, -0.25) is 18.4 Å². The molecule has 27 heteroatoms. The van der Waals surface area contributed by atoms with Crippen LogP contribution in [-0.2, 0) is 27.3 Å². The van der Waals surface area contributed by atoms with E-state index in [1.807, 2.05) is 0 Å². The van der Waals surface area contributed by atoms with E-state index in [-0.39, 0.29) is 123 Å². The van der Waals surface area contributed by atoms with E-state index >= 15 is 0 Å². The summed E-state index contributed by atoms with van der Waals surface area (Å²) >= 11 is 27.6. The molecule has 4 rings (SSSR count). The van der Waals surface area contributed by atoms with Crippen molar-refractivity contribution in [1.82, 2.24) is 9.55 Å². The molecular formula is C23H19Cl4N2Na4O13P3S. The third kappa shape index (κ3) is 12.5. The van der Waals surface area contributed by atoms with Gasteiger partial charge in [0.05, 0.1) is 6.61 Å². The molecule has 1 saturated heterocycles. The fraction of sp³-hybridized carbons (Fsp3) is 0.304. The van der Waals surface area contributed by atoms with Gasteiger partial charge in [0.25, 0.3) is 7.82 Å². The molecule has 50 heavy (non-hydrogen) atoms. The number of aromatic amines is 1. The Bertz CT molecular complexity index is 1830. The molecular weight excluding hydrogens is 871 g/mol. The number of benzene rings is 2. The van der Waals surface area contributed by atoms with Crippen LogP contribution in [0.4, 0.5) is 0 Å². The minimum atomic E-state index is -6.40. The molecule has 3 aromatic rings. The summed E-state index contributed by atoms with van der Waals surface area (Å²) in [5, 5.41) is 22.2. The molecule has 0 aliphatic carbocycles. The first-order valence-corrected chi connectivity index (χ1v) is 18.9. The summed E-state index contributed by atoms with van der Waals surface area (Å²) in [6.45, 7) is -1.23. The van der Waals surface area contributed by atoms with Gasteiger partial charge in [-0.05, 0) is 43.0 Å². The van der Waals surface area contributed by atoms with Crippen molar-refractivity contribution < 1.29 is 175 Å². The molecule has 0 spiro atoms.